The lowest BCUT2D eigenvalue weighted by Gasteiger charge is -2.32. The standard InChI is InChI=1S/C13H17N5O2S/c19-18(20)12-11(15-13-17(12)7-8-21-13)14-9-3-5-16(6-4-9)10-1-2-10/h7-10,14H,1-6H2. The monoisotopic (exact) mass is 307 g/mol. The molecule has 0 bridgehead atoms. The summed E-state index contributed by atoms with van der Waals surface area (Å²) in [7, 11) is 0. The van der Waals surface area contributed by atoms with Crippen LogP contribution in [0.1, 0.15) is 25.7 Å². The van der Waals surface area contributed by atoms with Crippen LogP contribution in [0.4, 0.5) is 11.6 Å². The lowest BCUT2D eigenvalue weighted by atomic mass is 10.1. The fourth-order valence-electron chi connectivity index (χ4n) is 3.09. The quantitative estimate of drug-likeness (QED) is 0.693. The highest BCUT2D eigenvalue weighted by atomic mass is 32.1. The molecule has 21 heavy (non-hydrogen) atoms. The zero-order valence-corrected chi connectivity index (χ0v) is 12.4. The van der Waals surface area contributed by atoms with Crippen molar-refractivity contribution in [3.8, 4) is 0 Å². The Kier molecular flexibility index (Phi) is 3.07. The van der Waals surface area contributed by atoms with E-state index in [2.05, 4.69) is 15.2 Å². The molecule has 0 amide bonds. The van der Waals surface area contributed by atoms with Crippen LogP contribution in [-0.4, -0.2) is 44.4 Å². The van der Waals surface area contributed by atoms with Crippen LogP contribution in [0.15, 0.2) is 11.6 Å². The predicted octanol–water partition coefficient (Wildman–Crippen LogP) is 2.34. The third kappa shape index (κ3) is 2.38. The van der Waals surface area contributed by atoms with E-state index in [4.69, 9.17) is 0 Å². The molecule has 2 aromatic heterocycles. The molecule has 0 radical (unpaired) electrons. The number of fused-ring (bicyclic) bond motifs is 1. The van der Waals surface area contributed by atoms with Gasteiger partial charge in [-0.3, -0.25) is 0 Å². The minimum absolute atomic E-state index is 0.0517. The molecule has 0 spiro atoms. The van der Waals surface area contributed by atoms with Crippen LogP contribution < -0.4 is 5.32 Å². The predicted molar refractivity (Wildman–Crippen MR) is 81.0 cm³/mol. The first-order valence-corrected chi connectivity index (χ1v) is 8.21. The Morgan fingerprint density at radius 3 is 2.76 bits per heavy atom. The van der Waals surface area contributed by atoms with E-state index in [1.165, 1.54) is 24.2 Å². The molecule has 1 aliphatic heterocycles. The van der Waals surface area contributed by atoms with E-state index < -0.39 is 0 Å². The van der Waals surface area contributed by atoms with E-state index in [1.807, 2.05) is 5.38 Å². The molecule has 4 rings (SSSR count). The second-order valence-corrected chi connectivity index (χ2v) is 6.66. The molecule has 8 heteroatoms. The van der Waals surface area contributed by atoms with E-state index in [0.29, 0.717) is 10.8 Å². The molecular weight excluding hydrogens is 290 g/mol. The highest BCUT2D eigenvalue weighted by Gasteiger charge is 2.33. The van der Waals surface area contributed by atoms with Crippen LogP contribution in [0, 0.1) is 10.1 Å². The summed E-state index contributed by atoms with van der Waals surface area (Å²) in [6.45, 7) is 2.16. The van der Waals surface area contributed by atoms with Gasteiger partial charge in [0.05, 0.1) is 0 Å². The number of nitrogens with zero attached hydrogens (tertiary/aromatic N) is 4. The molecule has 2 aliphatic rings. The maximum Gasteiger partial charge on any atom is 0.372 e. The van der Waals surface area contributed by atoms with Gasteiger partial charge in [0.2, 0.25) is 5.82 Å². The molecule has 7 nitrogen and oxygen atoms in total. The second-order valence-electron chi connectivity index (χ2n) is 5.78. The fraction of sp³-hybridized carbons (Fsp3) is 0.615. The van der Waals surface area contributed by atoms with Gasteiger partial charge in [-0.25, -0.2) is 0 Å². The number of imidazole rings is 1. The lowest BCUT2D eigenvalue weighted by molar-refractivity contribution is -0.389. The van der Waals surface area contributed by atoms with Crippen LogP contribution in [0.3, 0.4) is 0 Å². The Morgan fingerprint density at radius 2 is 2.10 bits per heavy atom. The maximum atomic E-state index is 11.3. The number of thiazole rings is 1. The van der Waals surface area contributed by atoms with Crippen molar-refractivity contribution < 1.29 is 4.92 Å². The number of hydrogen-bond acceptors (Lipinski definition) is 6. The summed E-state index contributed by atoms with van der Waals surface area (Å²) in [6.07, 6.45) is 6.42. The highest BCUT2D eigenvalue weighted by Crippen LogP contribution is 2.32. The topological polar surface area (TPSA) is 75.7 Å². The fourth-order valence-corrected chi connectivity index (χ4v) is 3.80. The zero-order chi connectivity index (χ0) is 14.4. The molecule has 0 unspecified atom stereocenters. The number of likely N-dealkylation sites (tertiary alicyclic amines) is 1. The maximum absolute atomic E-state index is 11.3. The van der Waals surface area contributed by atoms with Crippen molar-refractivity contribution in [3.63, 3.8) is 0 Å². The molecule has 1 N–H and O–H groups in total. The molecule has 2 fully saturated rings. The van der Waals surface area contributed by atoms with Gasteiger partial charge in [-0.1, -0.05) is 11.3 Å². The van der Waals surface area contributed by atoms with E-state index in [-0.39, 0.29) is 16.8 Å². The van der Waals surface area contributed by atoms with Crippen molar-refractivity contribution in [1.29, 1.82) is 0 Å². The summed E-state index contributed by atoms with van der Waals surface area (Å²) in [5.41, 5.74) is 0. The molecule has 1 saturated carbocycles. The Hall–Kier alpha value is -1.67. The largest absolute Gasteiger partial charge is 0.372 e. The van der Waals surface area contributed by atoms with Crippen molar-refractivity contribution in [1.82, 2.24) is 14.3 Å². The molecule has 1 saturated heterocycles. The smallest absolute Gasteiger partial charge is 0.360 e. The van der Waals surface area contributed by atoms with Crippen molar-refractivity contribution in [2.75, 3.05) is 18.4 Å². The van der Waals surface area contributed by atoms with Crippen molar-refractivity contribution in [2.24, 2.45) is 0 Å². The molecule has 0 atom stereocenters. The average Bonchev–Trinajstić information content (AvgIpc) is 3.11. The number of hydrogen-bond donors (Lipinski definition) is 1. The van der Waals surface area contributed by atoms with Crippen LogP contribution in [0.2, 0.25) is 0 Å². The summed E-state index contributed by atoms with van der Waals surface area (Å²) < 4.78 is 1.55. The lowest BCUT2D eigenvalue weighted by Crippen LogP contribution is -2.40. The van der Waals surface area contributed by atoms with Crippen LogP contribution in [-0.2, 0) is 0 Å². The van der Waals surface area contributed by atoms with E-state index in [0.717, 1.165) is 32.0 Å². The molecule has 1 aliphatic carbocycles. The third-order valence-electron chi connectivity index (χ3n) is 4.34. The van der Waals surface area contributed by atoms with Gasteiger partial charge in [0.25, 0.3) is 4.96 Å². The Labute approximate surface area is 125 Å². The SMILES string of the molecule is O=[N+]([O-])c1c(NC2CCN(C3CC3)CC2)nc2sccn12. The number of anilines is 1. The highest BCUT2D eigenvalue weighted by molar-refractivity contribution is 7.15. The van der Waals surface area contributed by atoms with Gasteiger partial charge >= 0.3 is 5.82 Å². The molecule has 3 heterocycles. The average molecular weight is 307 g/mol. The summed E-state index contributed by atoms with van der Waals surface area (Å²) in [5.74, 6) is 0.465. The van der Waals surface area contributed by atoms with Crippen LogP contribution >= 0.6 is 11.3 Å². The van der Waals surface area contributed by atoms with Gasteiger partial charge in [-0.2, -0.15) is 9.38 Å². The van der Waals surface area contributed by atoms with Gasteiger partial charge in [-0.15, -0.1) is 0 Å². The number of nitrogens with one attached hydrogen (secondary N) is 1. The number of rotatable bonds is 4. The summed E-state index contributed by atoms with van der Waals surface area (Å²) >= 11 is 1.41. The van der Waals surface area contributed by atoms with Gasteiger partial charge in [0.1, 0.15) is 6.20 Å². The first-order valence-electron chi connectivity index (χ1n) is 7.33. The van der Waals surface area contributed by atoms with Gasteiger partial charge < -0.3 is 20.3 Å². The van der Waals surface area contributed by atoms with E-state index >= 15 is 0 Å². The van der Waals surface area contributed by atoms with Crippen LogP contribution in [0.25, 0.3) is 4.96 Å². The van der Waals surface area contributed by atoms with E-state index in [9.17, 15) is 10.1 Å². The van der Waals surface area contributed by atoms with Crippen molar-refractivity contribution >= 4 is 27.9 Å². The second kappa shape index (κ2) is 4.96. The molecule has 0 aromatic carbocycles. The summed E-state index contributed by atoms with van der Waals surface area (Å²) in [6, 6.07) is 1.08. The summed E-state index contributed by atoms with van der Waals surface area (Å²) in [4.78, 5) is 18.5. The number of nitro groups is 1. The number of piperidine rings is 1. The first-order chi connectivity index (χ1) is 10.2. The van der Waals surface area contributed by atoms with Crippen molar-refractivity contribution in [2.45, 2.75) is 37.8 Å². The van der Waals surface area contributed by atoms with Gasteiger partial charge in [0.15, 0.2) is 0 Å². The number of aromatic nitrogens is 2. The zero-order valence-electron chi connectivity index (χ0n) is 11.6. The molecular formula is C13H17N5O2S. The van der Waals surface area contributed by atoms with Gasteiger partial charge in [-0.05, 0) is 30.6 Å². The minimum atomic E-state index is -0.353. The third-order valence-corrected chi connectivity index (χ3v) is 5.10. The Morgan fingerprint density at radius 1 is 1.33 bits per heavy atom. The summed E-state index contributed by atoms with van der Waals surface area (Å²) in [5, 5.41) is 16.4. The molecule has 112 valence electrons. The Bertz CT molecular complexity index is 669. The van der Waals surface area contributed by atoms with E-state index in [1.54, 1.807) is 10.6 Å². The van der Waals surface area contributed by atoms with Crippen LogP contribution in [0.5, 0.6) is 0 Å². The molecule has 2 aromatic rings. The minimum Gasteiger partial charge on any atom is -0.360 e. The van der Waals surface area contributed by atoms with Crippen molar-refractivity contribution in [3.05, 3.63) is 21.7 Å². The Balaban J connectivity index is 1.50. The van der Waals surface area contributed by atoms with Gasteiger partial charge in [0, 0.05) is 30.6 Å². The normalized spacial score (nSPS) is 21.0. The first kappa shape index (κ1) is 13.0.